The molecule has 0 aliphatic carbocycles. The number of amides is 1. The lowest BCUT2D eigenvalue weighted by Gasteiger charge is -2.20. The summed E-state index contributed by atoms with van der Waals surface area (Å²) in [6, 6.07) is 7.04. The molecule has 1 heterocycles. The molecule has 1 aliphatic heterocycles. The molecule has 0 fully saturated rings. The van der Waals surface area contributed by atoms with Gasteiger partial charge in [-0.3, -0.25) is 4.79 Å². The summed E-state index contributed by atoms with van der Waals surface area (Å²) in [5.74, 6) is -3.35. The van der Waals surface area contributed by atoms with Crippen LogP contribution in [-0.4, -0.2) is 29.5 Å². The van der Waals surface area contributed by atoms with E-state index < -0.39 is 41.3 Å². The normalized spacial score (nSPS) is 19.5. The first kappa shape index (κ1) is 22.0. The largest absolute Gasteiger partial charge is 0.490 e. The second kappa shape index (κ2) is 7.84. The number of hydrogen-bond donors (Lipinski definition) is 2. The predicted octanol–water partition coefficient (Wildman–Crippen LogP) is 4.18. The van der Waals surface area contributed by atoms with E-state index in [-0.39, 0.29) is 10.6 Å². The van der Waals surface area contributed by atoms with Gasteiger partial charge in [0.2, 0.25) is 5.91 Å². The van der Waals surface area contributed by atoms with Crippen molar-refractivity contribution in [2.45, 2.75) is 28.7 Å². The van der Waals surface area contributed by atoms with Crippen molar-refractivity contribution < 1.29 is 40.7 Å². The number of alkyl halides is 6. The van der Waals surface area contributed by atoms with Crippen LogP contribution in [0.15, 0.2) is 47.4 Å². The number of hydrogen-bond acceptors (Lipinski definition) is 5. The molecule has 1 aliphatic rings. The van der Waals surface area contributed by atoms with Crippen LogP contribution in [0.2, 0.25) is 0 Å². The maximum Gasteiger partial charge on any atom is 0.490 e. The molecule has 1 amide bonds. The minimum Gasteiger partial charge on any atom is -0.442 e. The Morgan fingerprint density at radius 1 is 1.00 bits per heavy atom. The zero-order chi connectivity index (χ0) is 22.3. The molecular formula is C18H12F6N2O3S. The summed E-state index contributed by atoms with van der Waals surface area (Å²) in [6.07, 6.45) is -9.77. The van der Waals surface area contributed by atoms with Gasteiger partial charge in [0.05, 0.1) is 11.3 Å². The Morgan fingerprint density at radius 3 is 2.17 bits per heavy atom. The summed E-state index contributed by atoms with van der Waals surface area (Å²) in [7, 11) is 0. The first-order valence-corrected chi connectivity index (χ1v) is 9.07. The molecule has 3 rings (SSSR count). The molecular weight excluding hydrogens is 438 g/mol. The first-order chi connectivity index (χ1) is 13.9. The van der Waals surface area contributed by atoms with Gasteiger partial charge in [0, 0.05) is 4.90 Å². The van der Waals surface area contributed by atoms with Gasteiger partial charge < -0.3 is 15.8 Å². The van der Waals surface area contributed by atoms with E-state index in [9.17, 15) is 35.9 Å². The molecule has 0 aromatic heterocycles. The van der Waals surface area contributed by atoms with Gasteiger partial charge >= 0.3 is 18.3 Å². The number of carbonyl (C=O) groups is 2. The molecule has 2 atom stereocenters. The van der Waals surface area contributed by atoms with Crippen LogP contribution < -0.4 is 11.1 Å². The maximum atomic E-state index is 12.7. The average molecular weight is 450 g/mol. The average Bonchev–Trinajstić information content (AvgIpc) is 2.77. The molecule has 0 bridgehead atoms. The number of esters is 1. The third kappa shape index (κ3) is 4.70. The van der Waals surface area contributed by atoms with Crippen LogP contribution >= 0.6 is 11.8 Å². The Kier molecular flexibility index (Phi) is 5.74. The quantitative estimate of drug-likeness (QED) is 0.530. The molecule has 5 nitrogen and oxygen atoms in total. The Labute approximate surface area is 169 Å². The Bertz CT molecular complexity index is 975. The van der Waals surface area contributed by atoms with Crippen molar-refractivity contribution in [2.75, 3.05) is 5.32 Å². The van der Waals surface area contributed by atoms with Gasteiger partial charge in [-0.1, -0.05) is 30.0 Å². The fourth-order valence-corrected chi connectivity index (χ4v) is 3.66. The Morgan fingerprint density at radius 2 is 1.60 bits per heavy atom. The highest BCUT2D eigenvalue weighted by atomic mass is 32.2. The van der Waals surface area contributed by atoms with Gasteiger partial charge in [0.15, 0.2) is 5.44 Å². The highest BCUT2D eigenvalue weighted by molar-refractivity contribution is 8.00. The molecule has 0 saturated heterocycles. The van der Waals surface area contributed by atoms with E-state index in [0.717, 1.165) is 12.1 Å². The van der Waals surface area contributed by atoms with Crippen LogP contribution in [0, 0.1) is 0 Å². The minimum atomic E-state index is -5.27. The van der Waals surface area contributed by atoms with Crippen LogP contribution in [0.4, 0.5) is 32.0 Å². The topological polar surface area (TPSA) is 81.4 Å². The molecule has 0 radical (unpaired) electrons. The van der Waals surface area contributed by atoms with E-state index in [0.29, 0.717) is 22.9 Å². The highest BCUT2D eigenvalue weighted by Crippen LogP contribution is 2.39. The summed E-state index contributed by atoms with van der Waals surface area (Å²) < 4.78 is 80.1. The number of ether oxygens (including phenoxy) is 1. The fraction of sp³-hybridized carbons (Fsp3) is 0.222. The zero-order valence-corrected chi connectivity index (χ0v) is 15.5. The number of fused-ring (bicyclic) bond motifs is 1. The number of nitrogens with two attached hydrogens (primary N) is 1. The number of rotatable bonds is 2. The van der Waals surface area contributed by atoms with E-state index in [1.165, 1.54) is 30.3 Å². The van der Waals surface area contributed by atoms with E-state index in [2.05, 4.69) is 10.1 Å². The first-order valence-electron chi connectivity index (χ1n) is 8.19. The molecule has 0 spiro atoms. The molecule has 30 heavy (non-hydrogen) atoms. The Hall–Kier alpha value is -2.73. The number of thioether (sulfide) groups is 1. The van der Waals surface area contributed by atoms with E-state index in [1.807, 2.05) is 0 Å². The zero-order valence-electron chi connectivity index (χ0n) is 14.7. The van der Waals surface area contributed by atoms with Crippen LogP contribution in [0.25, 0.3) is 11.1 Å². The molecule has 160 valence electrons. The lowest BCUT2D eigenvalue weighted by molar-refractivity contribution is -0.201. The fourth-order valence-electron chi connectivity index (χ4n) is 2.56. The minimum absolute atomic E-state index is 0.210. The molecule has 2 aromatic rings. The van der Waals surface area contributed by atoms with E-state index in [4.69, 9.17) is 5.73 Å². The Balaban J connectivity index is 1.92. The molecule has 2 unspecified atom stereocenters. The summed E-state index contributed by atoms with van der Waals surface area (Å²) >= 11 is 0.619. The summed E-state index contributed by atoms with van der Waals surface area (Å²) in [5.41, 5.74) is 4.15. The second-order valence-corrected chi connectivity index (χ2v) is 7.33. The maximum absolute atomic E-state index is 12.7. The monoisotopic (exact) mass is 450 g/mol. The number of halogens is 6. The second-order valence-electron chi connectivity index (χ2n) is 6.19. The van der Waals surface area contributed by atoms with Crippen LogP contribution in [0.1, 0.15) is 5.56 Å². The standard InChI is InChI=1S/C18H12F6N2O3S/c19-17(20,21)10-4-1-8(2-5-10)9-3-6-11-12(7-9)30-15(13(25)14(27)26-11)29-16(28)18(22,23)24/h1-7,13,15H,25H2,(H,26,27). The van der Waals surface area contributed by atoms with Gasteiger partial charge in [0.1, 0.15) is 6.04 Å². The molecule has 3 N–H and O–H groups in total. The van der Waals surface area contributed by atoms with Crippen LogP contribution in [-0.2, 0) is 20.5 Å². The van der Waals surface area contributed by atoms with Gasteiger partial charge in [-0.15, -0.1) is 0 Å². The molecule has 2 aromatic carbocycles. The van der Waals surface area contributed by atoms with Gasteiger partial charge in [-0.25, -0.2) is 4.79 Å². The summed E-state index contributed by atoms with van der Waals surface area (Å²) in [4.78, 5) is 23.5. The van der Waals surface area contributed by atoms with E-state index >= 15 is 0 Å². The van der Waals surface area contributed by atoms with E-state index in [1.54, 1.807) is 0 Å². The summed E-state index contributed by atoms with van der Waals surface area (Å²) in [5, 5.41) is 2.42. The van der Waals surface area contributed by atoms with Crippen molar-refractivity contribution in [1.82, 2.24) is 0 Å². The van der Waals surface area contributed by atoms with Crippen LogP contribution in [0.3, 0.4) is 0 Å². The molecule has 0 saturated carbocycles. The van der Waals surface area contributed by atoms with Gasteiger partial charge in [-0.2, -0.15) is 26.3 Å². The lowest BCUT2D eigenvalue weighted by atomic mass is 10.0. The number of nitrogens with one attached hydrogen (secondary N) is 1. The van der Waals surface area contributed by atoms with Crippen molar-refractivity contribution in [3.8, 4) is 11.1 Å². The van der Waals surface area contributed by atoms with Crippen molar-refractivity contribution >= 4 is 29.3 Å². The highest BCUT2D eigenvalue weighted by Gasteiger charge is 2.44. The van der Waals surface area contributed by atoms with Gasteiger partial charge in [0.25, 0.3) is 0 Å². The predicted molar refractivity (Wildman–Crippen MR) is 95.3 cm³/mol. The van der Waals surface area contributed by atoms with Crippen LogP contribution in [0.5, 0.6) is 0 Å². The number of benzene rings is 2. The number of anilines is 1. The van der Waals surface area contributed by atoms with Crippen molar-refractivity contribution in [3.05, 3.63) is 48.0 Å². The summed E-state index contributed by atoms with van der Waals surface area (Å²) in [6.45, 7) is 0. The van der Waals surface area contributed by atoms with Crippen molar-refractivity contribution in [3.63, 3.8) is 0 Å². The third-order valence-corrected chi connectivity index (χ3v) is 5.29. The smallest absolute Gasteiger partial charge is 0.442 e. The molecule has 12 heteroatoms. The number of carbonyl (C=O) groups excluding carboxylic acids is 2. The third-order valence-electron chi connectivity index (χ3n) is 4.08. The van der Waals surface area contributed by atoms with Gasteiger partial charge in [-0.05, 0) is 35.4 Å². The SMILES string of the molecule is NC1C(=O)Nc2ccc(-c3ccc(C(F)(F)F)cc3)cc2SC1OC(=O)C(F)(F)F. The van der Waals surface area contributed by atoms with Crippen molar-refractivity contribution in [1.29, 1.82) is 0 Å². The lowest BCUT2D eigenvalue weighted by Crippen LogP contribution is -2.46. The van der Waals surface area contributed by atoms with Crippen molar-refractivity contribution in [2.24, 2.45) is 5.73 Å².